The molecule has 2 aliphatic heterocycles. The normalized spacial score (nSPS) is 24.6. The van der Waals surface area contributed by atoms with Crippen molar-refractivity contribution in [2.24, 2.45) is 22.2 Å². The maximum atomic E-state index is 12.7. The Morgan fingerprint density at radius 1 is 1.04 bits per heavy atom. The lowest BCUT2D eigenvalue weighted by Crippen LogP contribution is -2.46. The second-order valence-electron chi connectivity index (χ2n) is 8.36. The summed E-state index contributed by atoms with van der Waals surface area (Å²) in [5, 5.41) is 3.34. The summed E-state index contributed by atoms with van der Waals surface area (Å²) in [6, 6.07) is 7.38. The number of nitrogens with zero attached hydrogens (tertiary/aromatic N) is 2. The molecule has 0 atom stereocenters. The highest BCUT2D eigenvalue weighted by Gasteiger charge is 2.43. The van der Waals surface area contributed by atoms with Crippen molar-refractivity contribution >= 4 is 21.8 Å². The van der Waals surface area contributed by atoms with Crippen molar-refractivity contribution in [2.75, 3.05) is 13.1 Å². The Bertz CT molecular complexity index is 883. The van der Waals surface area contributed by atoms with E-state index in [1.807, 2.05) is 17.0 Å². The molecule has 1 amide bonds. The molecule has 144 valence electrons. The van der Waals surface area contributed by atoms with Crippen LogP contribution in [0.4, 0.5) is 0 Å². The number of sulfonamides is 1. The van der Waals surface area contributed by atoms with Crippen molar-refractivity contribution < 1.29 is 13.2 Å². The molecule has 1 aromatic carbocycles. The first-order valence-electron chi connectivity index (χ1n) is 10.0. The molecule has 0 aromatic heterocycles. The summed E-state index contributed by atoms with van der Waals surface area (Å²) in [6.07, 6.45) is 6.52. The molecule has 1 saturated heterocycles. The van der Waals surface area contributed by atoms with E-state index in [-0.39, 0.29) is 16.7 Å². The minimum atomic E-state index is -3.59. The minimum Gasteiger partial charge on any atom is -0.355 e. The molecule has 6 nitrogen and oxygen atoms in total. The predicted octanol–water partition coefficient (Wildman–Crippen LogP) is 2.15. The van der Waals surface area contributed by atoms with Gasteiger partial charge in [-0.3, -0.25) is 4.79 Å². The monoisotopic (exact) mass is 387 g/mol. The van der Waals surface area contributed by atoms with Crippen LogP contribution in [0.15, 0.2) is 33.6 Å². The van der Waals surface area contributed by atoms with Gasteiger partial charge < -0.3 is 10.2 Å². The second kappa shape index (κ2) is 6.33. The van der Waals surface area contributed by atoms with Gasteiger partial charge in [0.25, 0.3) is 10.0 Å². The van der Waals surface area contributed by atoms with Gasteiger partial charge >= 0.3 is 0 Å². The molecule has 7 heteroatoms. The Balaban J connectivity index is 1.24. The molecule has 5 rings (SSSR count). The highest BCUT2D eigenvalue weighted by atomic mass is 32.2. The summed E-state index contributed by atoms with van der Waals surface area (Å²) < 4.78 is 28.5. The highest BCUT2D eigenvalue weighted by molar-refractivity contribution is 7.90. The molecule has 2 heterocycles. The van der Waals surface area contributed by atoms with E-state index in [0.29, 0.717) is 42.4 Å². The van der Waals surface area contributed by atoms with Crippen LogP contribution in [-0.4, -0.2) is 44.2 Å². The van der Waals surface area contributed by atoms with Gasteiger partial charge in [-0.1, -0.05) is 12.1 Å². The molecule has 4 aliphatic rings. The SMILES string of the molecule is O=C(NC(C1CC1)C1CC1)C1CCN(C2=NS(=O)(=O)c3ccccc32)CC1. The molecule has 2 aliphatic carbocycles. The van der Waals surface area contributed by atoms with E-state index in [1.165, 1.54) is 25.7 Å². The predicted molar refractivity (Wildman–Crippen MR) is 102 cm³/mol. The van der Waals surface area contributed by atoms with Gasteiger partial charge in [-0.05, 0) is 62.5 Å². The molecule has 0 bridgehead atoms. The lowest BCUT2D eigenvalue weighted by Gasteiger charge is -2.33. The van der Waals surface area contributed by atoms with Gasteiger partial charge in [0.15, 0.2) is 5.84 Å². The Labute approximate surface area is 160 Å². The maximum Gasteiger partial charge on any atom is 0.285 e. The molecular weight excluding hydrogens is 362 g/mol. The van der Waals surface area contributed by atoms with Crippen LogP contribution in [0.3, 0.4) is 0 Å². The molecule has 1 N–H and O–H groups in total. The quantitative estimate of drug-likeness (QED) is 0.859. The summed E-state index contributed by atoms with van der Waals surface area (Å²) in [4.78, 5) is 15.1. The number of likely N-dealkylation sites (tertiary alicyclic amines) is 1. The van der Waals surface area contributed by atoms with Crippen LogP contribution in [0.5, 0.6) is 0 Å². The number of piperidine rings is 1. The van der Waals surface area contributed by atoms with Crippen molar-refractivity contribution in [3.63, 3.8) is 0 Å². The number of fused-ring (bicyclic) bond motifs is 1. The molecule has 0 unspecified atom stereocenters. The smallest absolute Gasteiger partial charge is 0.285 e. The van der Waals surface area contributed by atoms with Gasteiger partial charge in [0.1, 0.15) is 4.90 Å². The van der Waals surface area contributed by atoms with E-state index in [1.54, 1.807) is 12.1 Å². The van der Waals surface area contributed by atoms with E-state index >= 15 is 0 Å². The average Bonchev–Trinajstić information content (AvgIpc) is 3.58. The van der Waals surface area contributed by atoms with E-state index in [0.717, 1.165) is 12.8 Å². The van der Waals surface area contributed by atoms with Crippen LogP contribution in [0.2, 0.25) is 0 Å². The Kier molecular flexibility index (Phi) is 4.04. The van der Waals surface area contributed by atoms with E-state index in [2.05, 4.69) is 9.71 Å². The highest BCUT2D eigenvalue weighted by Crippen LogP contribution is 2.44. The van der Waals surface area contributed by atoms with Crippen molar-refractivity contribution in [1.29, 1.82) is 0 Å². The van der Waals surface area contributed by atoms with E-state index < -0.39 is 10.0 Å². The third-order valence-electron chi connectivity index (χ3n) is 6.35. The number of rotatable bonds is 4. The lowest BCUT2D eigenvalue weighted by atomic mass is 9.94. The number of carbonyl (C=O) groups is 1. The van der Waals surface area contributed by atoms with Gasteiger partial charge in [0.2, 0.25) is 5.91 Å². The van der Waals surface area contributed by atoms with Gasteiger partial charge in [-0.15, -0.1) is 4.40 Å². The Morgan fingerprint density at radius 3 is 2.30 bits per heavy atom. The van der Waals surface area contributed by atoms with Gasteiger partial charge in [0.05, 0.1) is 0 Å². The Morgan fingerprint density at radius 2 is 1.67 bits per heavy atom. The maximum absolute atomic E-state index is 12.7. The molecule has 1 aromatic rings. The van der Waals surface area contributed by atoms with Crippen LogP contribution in [0, 0.1) is 17.8 Å². The fourth-order valence-electron chi connectivity index (χ4n) is 4.48. The van der Waals surface area contributed by atoms with Crippen molar-refractivity contribution in [3.05, 3.63) is 29.8 Å². The fourth-order valence-corrected chi connectivity index (χ4v) is 5.71. The summed E-state index contributed by atoms with van der Waals surface area (Å²) >= 11 is 0. The van der Waals surface area contributed by atoms with Crippen LogP contribution >= 0.6 is 0 Å². The topological polar surface area (TPSA) is 78.8 Å². The first kappa shape index (κ1) is 17.2. The largest absolute Gasteiger partial charge is 0.355 e. The second-order valence-corrected chi connectivity index (χ2v) is 9.93. The van der Waals surface area contributed by atoms with E-state index in [9.17, 15) is 13.2 Å². The number of hydrogen-bond acceptors (Lipinski definition) is 4. The van der Waals surface area contributed by atoms with Crippen molar-refractivity contribution in [3.8, 4) is 0 Å². The number of nitrogens with one attached hydrogen (secondary N) is 1. The van der Waals surface area contributed by atoms with Crippen LogP contribution < -0.4 is 5.32 Å². The summed E-state index contributed by atoms with van der Waals surface area (Å²) in [5.41, 5.74) is 0.683. The number of hydrogen-bond donors (Lipinski definition) is 1. The zero-order valence-corrected chi connectivity index (χ0v) is 16.1. The van der Waals surface area contributed by atoms with Crippen molar-refractivity contribution in [1.82, 2.24) is 10.2 Å². The van der Waals surface area contributed by atoms with E-state index in [4.69, 9.17) is 0 Å². The first-order chi connectivity index (χ1) is 13.0. The standard InChI is InChI=1S/C20H25N3O3S/c24-20(21-18(13-5-6-13)14-7-8-14)15-9-11-23(12-10-15)19-16-3-1-2-4-17(16)27(25,26)22-19/h1-4,13-15,18H,5-12H2,(H,21,24). The summed E-state index contributed by atoms with van der Waals surface area (Å²) in [5.74, 6) is 2.17. The van der Waals surface area contributed by atoms with Gasteiger partial charge in [-0.2, -0.15) is 8.42 Å². The molecule has 3 fully saturated rings. The van der Waals surface area contributed by atoms with Crippen LogP contribution in [0.25, 0.3) is 0 Å². The zero-order chi connectivity index (χ0) is 18.6. The summed E-state index contributed by atoms with van der Waals surface area (Å²) in [6.45, 7) is 1.33. The molecular formula is C20H25N3O3S. The van der Waals surface area contributed by atoms with Crippen molar-refractivity contribution in [2.45, 2.75) is 49.5 Å². The minimum absolute atomic E-state index is 0.0232. The third-order valence-corrected chi connectivity index (χ3v) is 7.67. The number of amidine groups is 1. The number of amides is 1. The third kappa shape index (κ3) is 3.26. The van der Waals surface area contributed by atoms with Gasteiger partial charge in [0, 0.05) is 30.6 Å². The average molecular weight is 388 g/mol. The molecule has 2 saturated carbocycles. The first-order valence-corrected chi connectivity index (χ1v) is 11.5. The fraction of sp³-hybridized carbons (Fsp3) is 0.600. The number of benzene rings is 1. The lowest BCUT2D eigenvalue weighted by molar-refractivity contribution is -0.127. The molecule has 0 spiro atoms. The number of carbonyl (C=O) groups excluding carboxylic acids is 1. The van der Waals surface area contributed by atoms with Gasteiger partial charge in [-0.25, -0.2) is 0 Å². The Hall–Kier alpha value is -1.89. The van der Waals surface area contributed by atoms with Crippen LogP contribution in [0.1, 0.15) is 44.1 Å². The molecule has 0 radical (unpaired) electrons. The summed E-state index contributed by atoms with van der Waals surface area (Å²) in [7, 11) is -3.59. The van der Waals surface area contributed by atoms with Crippen LogP contribution in [-0.2, 0) is 14.8 Å². The zero-order valence-electron chi connectivity index (χ0n) is 15.3. The molecule has 27 heavy (non-hydrogen) atoms.